The zero-order chi connectivity index (χ0) is 22.8. The lowest BCUT2D eigenvalue weighted by atomic mass is 10.1. The molecule has 33 heavy (non-hydrogen) atoms. The number of likely N-dealkylation sites (N-methyl/N-ethyl adjacent to an activating group) is 1. The predicted molar refractivity (Wildman–Crippen MR) is 132 cm³/mol. The zero-order valence-electron chi connectivity index (χ0n) is 19.3. The molecule has 172 valence electrons. The van der Waals surface area contributed by atoms with Crippen LogP contribution in [-0.4, -0.2) is 62.5 Å². The van der Waals surface area contributed by atoms with Crippen molar-refractivity contribution in [3.63, 3.8) is 0 Å². The summed E-state index contributed by atoms with van der Waals surface area (Å²) in [5, 5.41) is 4.43. The number of aryl methyl sites for hydroxylation is 1. The number of aromatic amines is 1. The van der Waals surface area contributed by atoms with Gasteiger partial charge in [-0.05, 0) is 56.7 Å². The Bertz CT molecular complexity index is 1330. The van der Waals surface area contributed by atoms with Gasteiger partial charge in [-0.25, -0.2) is 14.8 Å². The van der Waals surface area contributed by atoms with E-state index in [1.807, 2.05) is 19.1 Å². The molecule has 1 aliphatic rings. The molecule has 3 heterocycles. The van der Waals surface area contributed by atoms with E-state index in [0.29, 0.717) is 13.1 Å². The van der Waals surface area contributed by atoms with Gasteiger partial charge in [0.1, 0.15) is 12.1 Å². The van der Waals surface area contributed by atoms with Crippen LogP contribution in [0.2, 0.25) is 0 Å². The second kappa shape index (κ2) is 9.33. The fourth-order valence-electron chi connectivity index (χ4n) is 4.72. The van der Waals surface area contributed by atoms with Gasteiger partial charge in [-0.3, -0.25) is 9.47 Å². The third-order valence-electron chi connectivity index (χ3n) is 6.62. The molecule has 1 aliphatic heterocycles. The number of hydrogen-bond acceptors (Lipinski definition) is 6. The first kappa shape index (κ1) is 21.6. The highest BCUT2D eigenvalue weighted by atomic mass is 16.1. The van der Waals surface area contributed by atoms with Crippen molar-refractivity contribution < 1.29 is 0 Å². The van der Waals surface area contributed by atoms with Crippen LogP contribution >= 0.6 is 0 Å². The summed E-state index contributed by atoms with van der Waals surface area (Å²) in [5.74, 6) is 0.776. The summed E-state index contributed by atoms with van der Waals surface area (Å²) in [6, 6.07) is 12.6. The Balaban J connectivity index is 1.39. The molecule has 5 rings (SSSR count). The average Bonchev–Trinajstić information content (AvgIpc) is 2.98. The third kappa shape index (κ3) is 4.49. The number of imidazole rings is 1. The summed E-state index contributed by atoms with van der Waals surface area (Å²) < 4.78 is 1.72. The lowest BCUT2D eigenvalue weighted by Crippen LogP contribution is -2.29. The number of benzene rings is 2. The predicted octanol–water partition coefficient (Wildman–Crippen LogP) is 3.04. The molecule has 2 N–H and O–H groups in total. The molecule has 0 amide bonds. The van der Waals surface area contributed by atoms with Crippen LogP contribution in [0.5, 0.6) is 0 Å². The highest BCUT2D eigenvalue weighted by Gasteiger charge is 2.15. The molecule has 0 radical (unpaired) electrons. The Morgan fingerprint density at radius 2 is 1.91 bits per heavy atom. The summed E-state index contributed by atoms with van der Waals surface area (Å²) in [5.41, 5.74) is 5.02. The first-order valence-corrected chi connectivity index (χ1v) is 11.7. The smallest absolute Gasteiger partial charge is 0.326 e. The Kier molecular flexibility index (Phi) is 6.11. The van der Waals surface area contributed by atoms with Gasteiger partial charge in [-0.15, -0.1) is 0 Å². The maximum absolute atomic E-state index is 12.2. The highest BCUT2D eigenvalue weighted by molar-refractivity contribution is 5.98. The maximum atomic E-state index is 12.2. The minimum atomic E-state index is -0.0982. The molecule has 8 heteroatoms. The van der Waals surface area contributed by atoms with Crippen LogP contribution in [0.3, 0.4) is 0 Å². The Morgan fingerprint density at radius 1 is 1.06 bits per heavy atom. The molecule has 0 saturated carbocycles. The molecule has 0 bridgehead atoms. The van der Waals surface area contributed by atoms with Gasteiger partial charge in [0, 0.05) is 38.1 Å². The number of aromatic nitrogens is 4. The molecule has 1 fully saturated rings. The van der Waals surface area contributed by atoms with E-state index in [1.165, 1.54) is 24.1 Å². The summed E-state index contributed by atoms with van der Waals surface area (Å²) in [6.07, 6.45) is 2.79. The van der Waals surface area contributed by atoms with Gasteiger partial charge in [0.15, 0.2) is 0 Å². The molecule has 4 aromatic rings. The van der Waals surface area contributed by atoms with Gasteiger partial charge in [0.05, 0.1) is 16.6 Å². The summed E-state index contributed by atoms with van der Waals surface area (Å²) >= 11 is 0. The Labute approximate surface area is 193 Å². The Hall–Kier alpha value is -3.23. The van der Waals surface area contributed by atoms with Gasteiger partial charge in [0.25, 0.3) is 0 Å². The number of hydrogen-bond donors (Lipinski definition) is 2. The zero-order valence-corrected chi connectivity index (χ0v) is 19.3. The number of nitrogens with zero attached hydrogens (tertiary/aromatic N) is 5. The molecule has 0 atom stereocenters. The summed E-state index contributed by atoms with van der Waals surface area (Å²) in [6.45, 7) is 8.74. The van der Waals surface area contributed by atoms with Crippen LogP contribution in [0, 0.1) is 0 Å². The van der Waals surface area contributed by atoms with Gasteiger partial charge < -0.3 is 15.2 Å². The first-order chi connectivity index (χ1) is 16.1. The van der Waals surface area contributed by atoms with Crippen molar-refractivity contribution in [3.8, 4) is 0 Å². The normalized spacial score (nSPS) is 15.8. The van der Waals surface area contributed by atoms with Crippen LogP contribution in [0.25, 0.3) is 21.9 Å². The number of anilines is 1. The van der Waals surface area contributed by atoms with Crippen LogP contribution in [-0.2, 0) is 19.6 Å². The van der Waals surface area contributed by atoms with Gasteiger partial charge in [0.2, 0.25) is 0 Å². The lowest BCUT2D eigenvalue weighted by Gasteiger charge is -2.22. The molecule has 0 aliphatic carbocycles. The van der Waals surface area contributed by atoms with E-state index >= 15 is 0 Å². The van der Waals surface area contributed by atoms with Crippen molar-refractivity contribution in [1.82, 2.24) is 29.3 Å². The van der Waals surface area contributed by atoms with Gasteiger partial charge >= 0.3 is 5.69 Å². The second-order valence-corrected chi connectivity index (χ2v) is 8.84. The van der Waals surface area contributed by atoms with E-state index in [9.17, 15) is 4.79 Å². The Morgan fingerprint density at radius 3 is 2.76 bits per heavy atom. The van der Waals surface area contributed by atoms with Crippen LogP contribution in [0.4, 0.5) is 5.82 Å². The minimum Gasteiger partial charge on any atom is -0.365 e. The fraction of sp³-hybridized carbons (Fsp3) is 0.400. The number of fused-ring (bicyclic) bond motifs is 2. The second-order valence-electron chi connectivity index (χ2n) is 8.84. The van der Waals surface area contributed by atoms with Crippen molar-refractivity contribution in [2.24, 2.45) is 0 Å². The largest absolute Gasteiger partial charge is 0.365 e. The molecule has 2 aromatic heterocycles. The van der Waals surface area contributed by atoms with E-state index < -0.39 is 0 Å². The number of rotatable bonds is 6. The number of nitrogens with one attached hydrogen (secondary N) is 2. The molecule has 2 aromatic carbocycles. The van der Waals surface area contributed by atoms with Crippen LogP contribution < -0.4 is 11.0 Å². The van der Waals surface area contributed by atoms with Crippen molar-refractivity contribution in [1.29, 1.82) is 0 Å². The van der Waals surface area contributed by atoms with Crippen molar-refractivity contribution in [3.05, 3.63) is 64.3 Å². The first-order valence-electron chi connectivity index (χ1n) is 11.7. The summed E-state index contributed by atoms with van der Waals surface area (Å²) in [4.78, 5) is 29.1. The fourth-order valence-corrected chi connectivity index (χ4v) is 4.72. The summed E-state index contributed by atoms with van der Waals surface area (Å²) in [7, 11) is 2.20. The number of H-pyrrole nitrogens is 1. The van der Waals surface area contributed by atoms with Crippen molar-refractivity contribution >= 4 is 27.8 Å². The van der Waals surface area contributed by atoms with Gasteiger partial charge in [-0.2, -0.15) is 0 Å². The minimum absolute atomic E-state index is 0.0982. The van der Waals surface area contributed by atoms with Crippen LogP contribution in [0.15, 0.2) is 47.5 Å². The quantitative estimate of drug-likeness (QED) is 0.475. The molecule has 0 unspecified atom stereocenters. The topological polar surface area (TPSA) is 82.1 Å². The van der Waals surface area contributed by atoms with Gasteiger partial charge in [-0.1, -0.05) is 24.3 Å². The lowest BCUT2D eigenvalue weighted by molar-refractivity contribution is 0.268. The molecular formula is C25H31N7O. The molecular weight excluding hydrogens is 414 g/mol. The molecule has 8 nitrogen and oxygen atoms in total. The maximum Gasteiger partial charge on any atom is 0.326 e. The molecule has 1 saturated heterocycles. The monoisotopic (exact) mass is 445 g/mol. The van der Waals surface area contributed by atoms with E-state index in [4.69, 9.17) is 0 Å². The standard InChI is InChI=1S/C25H31N7O/c1-3-32-23-14-21-20(13-22(23)29-25(32)33)24(28-17-27-21)26-15-18-7-4-5-8-19(18)16-31-10-6-9-30(2)11-12-31/h4-5,7-8,13-14,17H,3,6,9-12,15-16H2,1-2H3,(H,29,33)(H,26,27,28). The van der Waals surface area contributed by atoms with Crippen molar-refractivity contribution in [2.45, 2.75) is 33.0 Å². The van der Waals surface area contributed by atoms with E-state index in [-0.39, 0.29) is 5.69 Å². The third-order valence-corrected chi connectivity index (χ3v) is 6.62. The highest BCUT2D eigenvalue weighted by Crippen LogP contribution is 2.25. The van der Waals surface area contributed by atoms with E-state index in [0.717, 1.165) is 53.9 Å². The van der Waals surface area contributed by atoms with E-state index in [1.54, 1.807) is 10.9 Å². The average molecular weight is 446 g/mol. The van der Waals surface area contributed by atoms with E-state index in [2.05, 4.69) is 61.4 Å². The molecule has 0 spiro atoms. The van der Waals surface area contributed by atoms with Crippen molar-refractivity contribution in [2.75, 3.05) is 38.5 Å². The SMILES string of the molecule is CCn1c(=O)[nH]c2cc3c(NCc4ccccc4CN4CCCN(C)CC4)ncnc3cc21. The van der Waals surface area contributed by atoms with Crippen LogP contribution in [0.1, 0.15) is 24.5 Å².